The maximum absolute atomic E-state index is 12.9. The van der Waals surface area contributed by atoms with E-state index in [-0.39, 0.29) is 17.9 Å². The number of pyridine rings is 1. The van der Waals surface area contributed by atoms with Gasteiger partial charge in [-0.15, -0.1) is 0 Å². The Balaban J connectivity index is 1.79. The fraction of sp³-hybridized carbons (Fsp3) is 0.615. The predicted octanol–water partition coefficient (Wildman–Crippen LogP) is 1.94. The van der Waals surface area contributed by atoms with Gasteiger partial charge in [-0.1, -0.05) is 0 Å². The molecule has 104 valence electrons. The number of nitrogens with one attached hydrogen (secondary N) is 2. The minimum absolute atomic E-state index is 0.109. The van der Waals surface area contributed by atoms with Crippen molar-refractivity contribution in [1.29, 1.82) is 0 Å². The third kappa shape index (κ3) is 2.18. The van der Waals surface area contributed by atoms with Gasteiger partial charge in [0.2, 0.25) is 0 Å². The average molecular weight is 272 g/mol. The topological polar surface area (TPSA) is 44.9 Å². The lowest BCUT2D eigenvalue weighted by atomic mass is 9.57. The maximum Gasteiger partial charge on any atom is 0.416 e. The number of halogens is 3. The first-order chi connectivity index (χ1) is 8.90. The smallest absolute Gasteiger partial charge is 0.329 e. The first kappa shape index (κ1) is 12.7. The molecule has 1 saturated heterocycles. The SMILES string of the molecule is O=c1[nH]ccc(C(F)(F)F)c1CC1CC2(CNC2)C1. The molecule has 1 aliphatic carbocycles. The highest BCUT2D eigenvalue weighted by atomic mass is 19.4. The van der Waals surface area contributed by atoms with Crippen LogP contribution in [0.1, 0.15) is 24.0 Å². The Morgan fingerprint density at radius 1 is 1.32 bits per heavy atom. The van der Waals surface area contributed by atoms with E-state index in [4.69, 9.17) is 0 Å². The summed E-state index contributed by atoms with van der Waals surface area (Å²) in [6.07, 6.45) is -1.32. The molecule has 0 unspecified atom stereocenters. The normalized spacial score (nSPS) is 22.1. The van der Waals surface area contributed by atoms with Gasteiger partial charge in [-0.25, -0.2) is 0 Å². The van der Waals surface area contributed by atoms with Crippen molar-refractivity contribution in [3.8, 4) is 0 Å². The summed E-state index contributed by atoms with van der Waals surface area (Å²) in [5.41, 5.74) is -1.20. The van der Waals surface area contributed by atoms with E-state index in [1.54, 1.807) is 0 Å². The Morgan fingerprint density at radius 3 is 2.53 bits per heavy atom. The molecule has 0 radical (unpaired) electrons. The Hall–Kier alpha value is -1.30. The van der Waals surface area contributed by atoms with Gasteiger partial charge < -0.3 is 10.3 Å². The Morgan fingerprint density at radius 2 is 2.00 bits per heavy atom. The van der Waals surface area contributed by atoms with Crippen molar-refractivity contribution in [2.75, 3.05) is 13.1 Å². The molecule has 2 fully saturated rings. The van der Waals surface area contributed by atoms with Gasteiger partial charge in [0.1, 0.15) is 0 Å². The van der Waals surface area contributed by atoms with E-state index in [1.807, 2.05) is 0 Å². The van der Waals surface area contributed by atoms with Gasteiger partial charge in [0.25, 0.3) is 5.56 Å². The average Bonchev–Trinajstić information content (AvgIpc) is 2.20. The van der Waals surface area contributed by atoms with Crippen LogP contribution >= 0.6 is 0 Å². The number of rotatable bonds is 2. The zero-order valence-corrected chi connectivity index (χ0v) is 10.3. The molecule has 0 amide bonds. The molecule has 1 aromatic heterocycles. The molecule has 2 N–H and O–H groups in total. The second kappa shape index (κ2) is 4.10. The molecule has 0 aromatic carbocycles. The Labute approximate surface area is 108 Å². The lowest BCUT2D eigenvalue weighted by Crippen LogP contribution is -2.60. The van der Waals surface area contributed by atoms with Gasteiger partial charge >= 0.3 is 6.18 Å². The van der Waals surface area contributed by atoms with Crippen molar-refractivity contribution in [2.45, 2.75) is 25.4 Å². The summed E-state index contributed by atoms with van der Waals surface area (Å²) in [5, 5.41) is 3.19. The summed E-state index contributed by atoms with van der Waals surface area (Å²) in [7, 11) is 0. The summed E-state index contributed by atoms with van der Waals surface area (Å²) in [6, 6.07) is 0.954. The number of H-pyrrole nitrogens is 1. The van der Waals surface area contributed by atoms with Crippen LogP contribution in [0.4, 0.5) is 13.2 Å². The highest BCUT2D eigenvalue weighted by molar-refractivity contribution is 5.27. The van der Waals surface area contributed by atoms with Crippen molar-refractivity contribution in [2.24, 2.45) is 11.3 Å². The highest BCUT2D eigenvalue weighted by Gasteiger charge is 2.48. The summed E-state index contributed by atoms with van der Waals surface area (Å²) in [6.45, 7) is 1.92. The highest BCUT2D eigenvalue weighted by Crippen LogP contribution is 2.49. The molecule has 1 spiro atoms. The van der Waals surface area contributed by atoms with Crippen LogP contribution in [0.2, 0.25) is 0 Å². The number of aromatic amines is 1. The van der Waals surface area contributed by atoms with E-state index in [0.717, 1.165) is 38.2 Å². The molecule has 1 saturated carbocycles. The van der Waals surface area contributed by atoms with Crippen LogP contribution in [0.25, 0.3) is 0 Å². The molecule has 3 rings (SSSR count). The molecule has 1 aromatic rings. The summed E-state index contributed by atoms with van der Waals surface area (Å²) >= 11 is 0. The van der Waals surface area contributed by atoms with E-state index in [1.165, 1.54) is 0 Å². The first-order valence-electron chi connectivity index (χ1n) is 6.38. The fourth-order valence-corrected chi connectivity index (χ4v) is 3.34. The molecular formula is C13H15F3N2O. The number of alkyl halides is 3. The van der Waals surface area contributed by atoms with Crippen LogP contribution in [0.3, 0.4) is 0 Å². The van der Waals surface area contributed by atoms with Crippen molar-refractivity contribution in [3.63, 3.8) is 0 Å². The van der Waals surface area contributed by atoms with Crippen LogP contribution in [0.15, 0.2) is 17.1 Å². The van der Waals surface area contributed by atoms with Gasteiger partial charge in [-0.3, -0.25) is 4.79 Å². The van der Waals surface area contributed by atoms with Gasteiger partial charge in [-0.05, 0) is 36.7 Å². The quantitative estimate of drug-likeness (QED) is 0.864. The number of hydrogen-bond donors (Lipinski definition) is 2. The molecule has 2 heterocycles. The fourth-order valence-electron chi connectivity index (χ4n) is 3.34. The molecule has 19 heavy (non-hydrogen) atoms. The van der Waals surface area contributed by atoms with Gasteiger partial charge in [0, 0.05) is 24.8 Å². The molecular weight excluding hydrogens is 257 g/mol. The van der Waals surface area contributed by atoms with Crippen LogP contribution in [-0.4, -0.2) is 18.1 Å². The van der Waals surface area contributed by atoms with Crippen LogP contribution in [0, 0.1) is 11.3 Å². The number of hydrogen-bond acceptors (Lipinski definition) is 2. The van der Waals surface area contributed by atoms with E-state index in [9.17, 15) is 18.0 Å². The zero-order valence-electron chi connectivity index (χ0n) is 10.3. The van der Waals surface area contributed by atoms with E-state index in [0.29, 0.717) is 5.41 Å². The molecule has 3 nitrogen and oxygen atoms in total. The van der Waals surface area contributed by atoms with Gasteiger partial charge in [0.05, 0.1) is 5.56 Å². The zero-order chi connectivity index (χ0) is 13.7. The van der Waals surface area contributed by atoms with Gasteiger partial charge in [-0.2, -0.15) is 13.2 Å². The predicted molar refractivity (Wildman–Crippen MR) is 63.8 cm³/mol. The van der Waals surface area contributed by atoms with Crippen molar-refractivity contribution >= 4 is 0 Å². The van der Waals surface area contributed by atoms with E-state index < -0.39 is 17.3 Å². The van der Waals surface area contributed by atoms with Crippen molar-refractivity contribution in [1.82, 2.24) is 10.3 Å². The van der Waals surface area contributed by atoms with E-state index in [2.05, 4.69) is 10.3 Å². The Bertz CT molecular complexity index is 538. The molecule has 0 bridgehead atoms. The van der Waals surface area contributed by atoms with Crippen molar-refractivity contribution < 1.29 is 13.2 Å². The summed E-state index contributed by atoms with van der Waals surface area (Å²) in [4.78, 5) is 14.0. The molecule has 2 aliphatic rings. The standard InChI is InChI=1S/C13H15F3N2O/c14-13(15,16)10-1-2-18-11(19)9(10)3-8-4-12(5-8)6-17-7-12/h1-2,8,17H,3-7H2,(H,18,19). The molecule has 6 heteroatoms. The monoisotopic (exact) mass is 272 g/mol. The first-order valence-corrected chi connectivity index (χ1v) is 6.38. The maximum atomic E-state index is 12.9. The van der Waals surface area contributed by atoms with Crippen LogP contribution < -0.4 is 10.9 Å². The lowest BCUT2D eigenvalue weighted by Gasteiger charge is -2.54. The van der Waals surface area contributed by atoms with Crippen LogP contribution in [0.5, 0.6) is 0 Å². The third-order valence-corrected chi connectivity index (χ3v) is 4.31. The molecule has 0 atom stereocenters. The second-order valence-electron chi connectivity index (χ2n) is 5.78. The lowest BCUT2D eigenvalue weighted by molar-refractivity contribution is -0.138. The summed E-state index contributed by atoms with van der Waals surface area (Å²) < 4.78 is 38.6. The summed E-state index contributed by atoms with van der Waals surface area (Å²) in [5.74, 6) is 0.201. The largest absolute Gasteiger partial charge is 0.416 e. The minimum Gasteiger partial charge on any atom is -0.329 e. The van der Waals surface area contributed by atoms with Crippen LogP contribution in [-0.2, 0) is 12.6 Å². The Kier molecular flexibility index (Phi) is 2.74. The molecule has 1 aliphatic heterocycles. The van der Waals surface area contributed by atoms with E-state index >= 15 is 0 Å². The van der Waals surface area contributed by atoms with Gasteiger partial charge in [0.15, 0.2) is 0 Å². The minimum atomic E-state index is -4.46. The third-order valence-electron chi connectivity index (χ3n) is 4.31. The number of aromatic nitrogens is 1. The van der Waals surface area contributed by atoms with Crippen molar-refractivity contribution in [3.05, 3.63) is 33.7 Å². The second-order valence-corrected chi connectivity index (χ2v) is 5.78.